The quantitative estimate of drug-likeness (QED) is 0.876. The highest BCUT2D eigenvalue weighted by Crippen LogP contribution is 2.35. The lowest BCUT2D eigenvalue weighted by molar-refractivity contribution is -0.137. The predicted molar refractivity (Wildman–Crippen MR) is 74.8 cm³/mol. The fourth-order valence-electron chi connectivity index (χ4n) is 2.38. The van der Waals surface area contributed by atoms with Crippen molar-refractivity contribution in [1.29, 1.82) is 0 Å². The molecule has 1 unspecified atom stereocenters. The molecule has 0 saturated carbocycles. The Hall–Kier alpha value is -1.49. The van der Waals surface area contributed by atoms with Gasteiger partial charge < -0.3 is 9.88 Å². The molecule has 0 aliphatic rings. The van der Waals surface area contributed by atoms with Gasteiger partial charge in [0.15, 0.2) is 0 Å². The lowest BCUT2D eigenvalue weighted by Gasteiger charge is -2.11. The summed E-state index contributed by atoms with van der Waals surface area (Å²) in [6.07, 6.45) is -2.37. The van der Waals surface area contributed by atoms with Crippen LogP contribution in [0.4, 0.5) is 13.2 Å². The number of benzene rings is 1. The van der Waals surface area contributed by atoms with Crippen LogP contribution in [0.3, 0.4) is 0 Å². The summed E-state index contributed by atoms with van der Waals surface area (Å²) in [5.74, 6) is 0. The highest BCUT2D eigenvalue weighted by Gasteiger charge is 2.31. The van der Waals surface area contributed by atoms with Crippen LogP contribution in [0.25, 0.3) is 10.9 Å². The van der Waals surface area contributed by atoms with Crippen molar-refractivity contribution in [1.82, 2.24) is 9.88 Å². The van der Waals surface area contributed by atoms with E-state index in [1.807, 2.05) is 38.6 Å². The Morgan fingerprint density at radius 2 is 1.80 bits per heavy atom. The van der Waals surface area contributed by atoms with Crippen molar-refractivity contribution >= 4 is 10.9 Å². The van der Waals surface area contributed by atoms with Gasteiger partial charge in [0.1, 0.15) is 0 Å². The number of nitrogens with zero attached hydrogens (tertiary/aromatic N) is 1. The molecule has 0 spiro atoms. The molecular weight excluding hydrogens is 265 g/mol. The van der Waals surface area contributed by atoms with Crippen molar-refractivity contribution in [2.24, 2.45) is 0 Å². The van der Waals surface area contributed by atoms with Crippen LogP contribution in [0.2, 0.25) is 0 Å². The predicted octanol–water partition coefficient (Wildman–Crippen LogP) is 4.52. The van der Waals surface area contributed by atoms with Gasteiger partial charge in [-0.1, -0.05) is 6.07 Å². The molecule has 110 valence electrons. The zero-order chi connectivity index (χ0) is 15.1. The molecule has 20 heavy (non-hydrogen) atoms. The summed E-state index contributed by atoms with van der Waals surface area (Å²) in [4.78, 5) is 0. The van der Waals surface area contributed by atoms with E-state index >= 15 is 0 Å². The molecule has 1 N–H and O–H groups in total. The largest absolute Gasteiger partial charge is 0.416 e. The first-order valence-corrected chi connectivity index (χ1v) is 6.64. The fraction of sp³-hybridized carbons (Fsp3) is 0.467. The number of aromatic nitrogens is 1. The summed E-state index contributed by atoms with van der Waals surface area (Å²) >= 11 is 0. The zero-order valence-corrected chi connectivity index (χ0v) is 12.0. The third-order valence-electron chi connectivity index (χ3n) is 3.65. The normalized spacial score (nSPS) is 14.2. The second kappa shape index (κ2) is 5.13. The van der Waals surface area contributed by atoms with Crippen LogP contribution in [0.5, 0.6) is 0 Å². The van der Waals surface area contributed by atoms with Crippen molar-refractivity contribution in [3.8, 4) is 0 Å². The number of hydrogen-bond donors (Lipinski definition) is 1. The van der Waals surface area contributed by atoms with E-state index in [1.165, 1.54) is 6.07 Å². The van der Waals surface area contributed by atoms with Crippen LogP contribution in [0, 0.1) is 0 Å². The molecule has 2 rings (SSSR count). The smallest absolute Gasteiger partial charge is 0.345 e. The molecular formula is C15H19F3N2. The fourth-order valence-corrected chi connectivity index (χ4v) is 2.38. The maximum absolute atomic E-state index is 12.9. The molecule has 0 amide bonds. The van der Waals surface area contributed by atoms with E-state index < -0.39 is 11.7 Å². The summed E-state index contributed by atoms with van der Waals surface area (Å²) in [5, 5.41) is 4.00. The van der Waals surface area contributed by atoms with E-state index in [2.05, 4.69) is 5.32 Å². The average molecular weight is 284 g/mol. The van der Waals surface area contributed by atoms with Crippen LogP contribution in [-0.2, 0) is 6.18 Å². The molecule has 0 aliphatic heterocycles. The molecule has 0 aliphatic carbocycles. The second-order valence-electron chi connectivity index (χ2n) is 5.33. The Balaban J connectivity index is 2.70. The van der Waals surface area contributed by atoms with Gasteiger partial charge in [-0.2, -0.15) is 13.2 Å². The Morgan fingerprint density at radius 1 is 1.15 bits per heavy atom. The first kappa shape index (κ1) is 14.9. The molecule has 0 bridgehead atoms. The van der Waals surface area contributed by atoms with Crippen molar-refractivity contribution in [2.45, 2.75) is 39.0 Å². The first-order valence-electron chi connectivity index (χ1n) is 6.64. The van der Waals surface area contributed by atoms with Crippen LogP contribution >= 0.6 is 0 Å². The highest BCUT2D eigenvalue weighted by molar-refractivity contribution is 5.85. The first-order chi connectivity index (χ1) is 9.25. The lowest BCUT2D eigenvalue weighted by atomic mass is 10.1. The van der Waals surface area contributed by atoms with E-state index in [-0.39, 0.29) is 12.1 Å². The van der Waals surface area contributed by atoms with Crippen LogP contribution in [0.1, 0.15) is 44.0 Å². The minimum Gasteiger partial charge on any atom is -0.345 e. The Kier molecular flexibility index (Phi) is 3.82. The van der Waals surface area contributed by atoms with Gasteiger partial charge in [-0.15, -0.1) is 0 Å². The van der Waals surface area contributed by atoms with Gasteiger partial charge in [0.25, 0.3) is 0 Å². The highest BCUT2D eigenvalue weighted by atomic mass is 19.4. The van der Waals surface area contributed by atoms with Crippen LogP contribution in [0.15, 0.2) is 24.4 Å². The van der Waals surface area contributed by atoms with E-state index in [1.54, 1.807) is 6.07 Å². The summed E-state index contributed by atoms with van der Waals surface area (Å²) in [7, 11) is 1.84. The Labute approximate surface area is 116 Å². The molecule has 2 aromatic rings. The Bertz CT molecular complexity index is 611. The van der Waals surface area contributed by atoms with Crippen molar-refractivity contribution in [3.63, 3.8) is 0 Å². The topological polar surface area (TPSA) is 17.0 Å². The van der Waals surface area contributed by atoms with E-state index in [0.717, 1.165) is 17.0 Å². The molecule has 1 aromatic carbocycles. The molecule has 0 radical (unpaired) electrons. The monoisotopic (exact) mass is 284 g/mol. The van der Waals surface area contributed by atoms with Crippen molar-refractivity contribution < 1.29 is 13.2 Å². The molecule has 5 heteroatoms. The Morgan fingerprint density at radius 3 is 2.30 bits per heavy atom. The second-order valence-corrected chi connectivity index (χ2v) is 5.33. The minimum absolute atomic E-state index is 0.0919. The third-order valence-corrected chi connectivity index (χ3v) is 3.65. The molecule has 1 atom stereocenters. The molecule has 1 heterocycles. The molecule has 0 saturated heterocycles. The minimum atomic E-state index is -4.31. The molecule has 1 aromatic heterocycles. The summed E-state index contributed by atoms with van der Waals surface area (Å²) in [6, 6.07) is 4.16. The molecule has 0 fully saturated rings. The van der Waals surface area contributed by atoms with Gasteiger partial charge >= 0.3 is 6.18 Å². The number of fused-ring (bicyclic) bond motifs is 1. The maximum atomic E-state index is 12.9. The van der Waals surface area contributed by atoms with Crippen LogP contribution in [-0.4, -0.2) is 11.6 Å². The number of hydrogen-bond acceptors (Lipinski definition) is 1. The standard InChI is InChI=1S/C15H19F3N2/c1-9(2)20-8-13(10(3)19-4)12-6-5-11(7-14(12)20)15(16,17)18/h5-10,19H,1-4H3. The van der Waals surface area contributed by atoms with Crippen LogP contribution < -0.4 is 5.32 Å². The van der Waals surface area contributed by atoms with Gasteiger partial charge in [0.2, 0.25) is 0 Å². The third kappa shape index (κ3) is 2.54. The van der Waals surface area contributed by atoms with E-state index in [0.29, 0.717) is 5.52 Å². The number of nitrogens with one attached hydrogen (secondary N) is 1. The van der Waals surface area contributed by atoms with Gasteiger partial charge in [-0.05, 0) is 45.5 Å². The number of halogens is 3. The van der Waals surface area contributed by atoms with Crippen molar-refractivity contribution in [2.75, 3.05) is 7.05 Å². The van der Waals surface area contributed by atoms with Gasteiger partial charge in [-0.25, -0.2) is 0 Å². The average Bonchev–Trinajstić information content (AvgIpc) is 2.75. The van der Waals surface area contributed by atoms with Crippen molar-refractivity contribution in [3.05, 3.63) is 35.5 Å². The van der Waals surface area contributed by atoms with Gasteiger partial charge in [0.05, 0.1) is 5.56 Å². The van der Waals surface area contributed by atoms with Gasteiger partial charge in [-0.3, -0.25) is 0 Å². The summed E-state index contributed by atoms with van der Waals surface area (Å²) in [5.41, 5.74) is 1.05. The summed E-state index contributed by atoms with van der Waals surface area (Å²) < 4.78 is 40.5. The summed E-state index contributed by atoms with van der Waals surface area (Å²) in [6.45, 7) is 5.93. The number of rotatable bonds is 3. The maximum Gasteiger partial charge on any atom is 0.416 e. The van der Waals surface area contributed by atoms with E-state index in [9.17, 15) is 13.2 Å². The zero-order valence-electron chi connectivity index (χ0n) is 12.0. The number of alkyl halides is 3. The SMILES string of the molecule is CNC(C)c1cn(C(C)C)c2cc(C(F)(F)F)ccc12. The lowest BCUT2D eigenvalue weighted by Crippen LogP contribution is -2.11. The van der Waals surface area contributed by atoms with Gasteiger partial charge in [0, 0.05) is 29.2 Å². The molecule has 2 nitrogen and oxygen atoms in total. The van der Waals surface area contributed by atoms with E-state index in [4.69, 9.17) is 0 Å².